The molecule has 3 aromatic rings. The highest BCUT2D eigenvalue weighted by atomic mass is 35.5. The molecule has 1 aliphatic heterocycles. The van der Waals surface area contributed by atoms with Gasteiger partial charge in [-0.3, -0.25) is 14.8 Å². The maximum atomic E-state index is 14.4. The van der Waals surface area contributed by atoms with Crippen LogP contribution in [-0.2, 0) is 17.6 Å². The Morgan fingerprint density at radius 1 is 1.24 bits per heavy atom. The number of fused-ring (bicyclic) bond motifs is 2. The van der Waals surface area contributed by atoms with Crippen molar-refractivity contribution in [1.82, 2.24) is 19.8 Å². The zero-order chi connectivity index (χ0) is 26.1. The first kappa shape index (κ1) is 28.1. The van der Waals surface area contributed by atoms with Crippen LogP contribution in [0.4, 0.5) is 9.18 Å². The van der Waals surface area contributed by atoms with Crippen molar-refractivity contribution in [3.8, 4) is 0 Å². The van der Waals surface area contributed by atoms with Crippen LogP contribution in [0.5, 0.6) is 0 Å². The number of hydrogen-bond acceptors (Lipinski definition) is 5. The summed E-state index contributed by atoms with van der Waals surface area (Å²) in [5.41, 5.74) is 3.44. The number of benzene rings is 1. The molecule has 1 unspecified atom stereocenters. The van der Waals surface area contributed by atoms with Gasteiger partial charge in [0.2, 0.25) is 0 Å². The molecule has 2 amide bonds. The molecule has 0 N–H and O–H groups in total. The number of nitrogens with zero attached hydrogens (tertiary/aromatic N) is 4. The van der Waals surface area contributed by atoms with Gasteiger partial charge >= 0.3 is 6.09 Å². The third-order valence-corrected chi connectivity index (χ3v) is 7.71. The van der Waals surface area contributed by atoms with Gasteiger partial charge in [0.15, 0.2) is 0 Å². The van der Waals surface area contributed by atoms with E-state index in [0.717, 1.165) is 29.5 Å². The lowest BCUT2D eigenvalue weighted by Crippen LogP contribution is -2.55. The molecule has 2 aromatic heterocycles. The number of carbonyl (C=O) groups is 2. The van der Waals surface area contributed by atoms with Crippen LogP contribution in [0.1, 0.15) is 59.9 Å². The van der Waals surface area contributed by atoms with Crippen molar-refractivity contribution >= 4 is 48.0 Å². The summed E-state index contributed by atoms with van der Waals surface area (Å²) in [7, 11) is 0. The Kier molecular flexibility index (Phi) is 8.78. The number of hydrogen-bond donors (Lipinski definition) is 0. The molecule has 3 heterocycles. The average molecular weight is 559 g/mol. The second kappa shape index (κ2) is 11.9. The Hall–Kier alpha value is -2.91. The normalized spacial score (nSPS) is 19.1. The first-order valence-electron chi connectivity index (χ1n) is 12.8. The van der Waals surface area contributed by atoms with Gasteiger partial charge in [0.05, 0.1) is 22.8 Å². The Bertz CT molecular complexity index is 1360. The topological polar surface area (TPSA) is 75.6 Å². The number of amides is 2. The van der Waals surface area contributed by atoms with E-state index in [4.69, 9.17) is 21.3 Å². The van der Waals surface area contributed by atoms with E-state index in [1.807, 2.05) is 19.9 Å². The summed E-state index contributed by atoms with van der Waals surface area (Å²) in [6, 6.07) is 8.30. The molecule has 38 heavy (non-hydrogen) atoms. The molecular weight excluding hydrogens is 527 g/mol. The molecule has 2 atom stereocenters. The summed E-state index contributed by atoms with van der Waals surface area (Å²) in [5.74, 6) is -0.482. The summed E-state index contributed by atoms with van der Waals surface area (Å²) >= 11 is 6.80. The zero-order valence-corrected chi connectivity index (χ0v) is 23.3. The van der Waals surface area contributed by atoms with Gasteiger partial charge in [0.1, 0.15) is 5.82 Å². The molecule has 1 saturated heterocycles. The van der Waals surface area contributed by atoms with E-state index in [-0.39, 0.29) is 43.3 Å². The minimum absolute atomic E-state index is 0. The maximum Gasteiger partial charge on any atom is 0.409 e. The second-order valence-corrected chi connectivity index (χ2v) is 10.2. The van der Waals surface area contributed by atoms with E-state index in [9.17, 15) is 14.0 Å². The number of ether oxygens (including phenoxy) is 1. The Morgan fingerprint density at radius 3 is 2.79 bits per heavy atom. The quantitative estimate of drug-likeness (QED) is 0.422. The van der Waals surface area contributed by atoms with Crippen LogP contribution in [0.25, 0.3) is 10.9 Å². The molecule has 1 aliphatic carbocycles. The first-order valence-corrected chi connectivity index (χ1v) is 13.2. The molecule has 1 aromatic carbocycles. The lowest BCUT2D eigenvalue weighted by atomic mass is 9.84. The number of pyridine rings is 2. The van der Waals surface area contributed by atoms with Crippen molar-refractivity contribution < 1.29 is 18.7 Å². The predicted molar refractivity (Wildman–Crippen MR) is 150 cm³/mol. The predicted octanol–water partition coefficient (Wildman–Crippen LogP) is 5.50. The van der Waals surface area contributed by atoms with Crippen LogP contribution < -0.4 is 0 Å². The van der Waals surface area contributed by atoms with Crippen LogP contribution in [0.3, 0.4) is 0 Å². The zero-order valence-electron chi connectivity index (χ0n) is 21.5. The van der Waals surface area contributed by atoms with Crippen LogP contribution in [0.2, 0.25) is 5.02 Å². The largest absolute Gasteiger partial charge is 0.449 e. The molecule has 0 spiro atoms. The second-order valence-electron chi connectivity index (χ2n) is 9.80. The number of piperazine rings is 1. The lowest BCUT2D eigenvalue weighted by Gasteiger charge is -2.39. The number of aromatic nitrogens is 2. The van der Waals surface area contributed by atoms with Crippen molar-refractivity contribution in [3.05, 3.63) is 69.9 Å². The summed E-state index contributed by atoms with van der Waals surface area (Å²) in [4.78, 5) is 38.2. The fourth-order valence-corrected chi connectivity index (χ4v) is 5.69. The van der Waals surface area contributed by atoms with Gasteiger partial charge in [-0.15, -0.1) is 0 Å². The van der Waals surface area contributed by atoms with E-state index in [1.54, 1.807) is 34.2 Å². The minimum Gasteiger partial charge on any atom is -0.449 e. The minimum atomic E-state index is -0.334. The van der Waals surface area contributed by atoms with Crippen molar-refractivity contribution in [1.29, 1.82) is 0 Å². The van der Waals surface area contributed by atoms with Crippen molar-refractivity contribution in [2.75, 3.05) is 26.2 Å². The van der Waals surface area contributed by atoms with Gasteiger partial charge in [-0.25, -0.2) is 9.18 Å². The fourth-order valence-electron chi connectivity index (χ4n) is 5.33. The SMILES string of the molecule is CCCOC(=O)N1CCN(C(=O)c2ccc3c(Cl)c4c(nc3c2)CC(c2ncccc2F)CC4)[C@@H](C)C1.S. The molecule has 2 aliphatic rings. The molecule has 0 radical (unpaired) electrons. The van der Waals surface area contributed by atoms with E-state index in [2.05, 4.69) is 4.98 Å². The third-order valence-electron chi connectivity index (χ3n) is 7.28. The van der Waals surface area contributed by atoms with Crippen LogP contribution in [-0.4, -0.2) is 64.1 Å². The van der Waals surface area contributed by atoms with E-state index >= 15 is 0 Å². The molecule has 0 saturated carbocycles. The van der Waals surface area contributed by atoms with Gasteiger partial charge < -0.3 is 14.5 Å². The third kappa shape index (κ3) is 5.45. The molecule has 0 bridgehead atoms. The Morgan fingerprint density at radius 2 is 2.05 bits per heavy atom. The highest BCUT2D eigenvalue weighted by molar-refractivity contribution is 7.59. The number of rotatable bonds is 4. The van der Waals surface area contributed by atoms with Gasteiger partial charge in [-0.2, -0.15) is 13.5 Å². The fraction of sp³-hybridized carbons (Fsp3) is 0.429. The van der Waals surface area contributed by atoms with Crippen molar-refractivity contribution in [3.63, 3.8) is 0 Å². The first-order chi connectivity index (χ1) is 17.9. The molecule has 10 heteroatoms. The summed E-state index contributed by atoms with van der Waals surface area (Å²) < 4.78 is 19.6. The number of carbonyl (C=O) groups excluding carboxylic acids is 2. The monoisotopic (exact) mass is 558 g/mol. The summed E-state index contributed by atoms with van der Waals surface area (Å²) in [6.07, 6.45) is 4.04. The van der Waals surface area contributed by atoms with Gasteiger partial charge in [0, 0.05) is 54.4 Å². The number of halogens is 2. The Labute approximate surface area is 233 Å². The lowest BCUT2D eigenvalue weighted by molar-refractivity contribution is 0.0414. The van der Waals surface area contributed by atoms with Crippen molar-refractivity contribution in [2.24, 2.45) is 0 Å². The summed E-state index contributed by atoms with van der Waals surface area (Å²) in [6.45, 7) is 5.54. The van der Waals surface area contributed by atoms with E-state index in [0.29, 0.717) is 60.9 Å². The maximum absolute atomic E-state index is 14.4. The van der Waals surface area contributed by atoms with E-state index in [1.165, 1.54) is 6.07 Å². The smallest absolute Gasteiger partial charge is 0.409 e. The van der Waals surface area contributed by atoms with Crippen LogP contribution in [0.15, 0.2) is 36.5 Å². The van der Waals surface area contributed by atoms with Gasteiger partial charge in [-0.05, 0) is 62.4 Å². The van der Waals surface area contributed by atoms with Gasteiger partial charge in [-0.1, -0.05) is 24.6 Å². The average Bonchev–Trinajstić information content (AvgIpc) is 2.91. The van der Waals surface area contributed by atoms with Crippen LogP contribution in [0, 0.1) is 5.82 Å². The Balaban J connectivity index is 0.00000336. The highest BCUT2D eigenvalue weighted by Crippen LogP contribution is 2.38. The van der Waals surface area contributed by atoms with E-state index < -0.39 is 0 Å². The standard InChI is InChI=1S/C28H30ClFN4O3.H2S/c1-3-13-37-28(36)33-11-12-34(17(2)16-33)27(35)19-7-9-21-24(15-19)32-23-14-18(6-8-20(23)25(21)29)26-22(30)5-4-10-31-26;/h4-5,7,9-10,15,17-18H,3,6,8,11-14,16H2,1-2H3;1H2/t17-,18?;/m0./s1. The molecule has 5 rings (SSSR count). The molecular formula is C28H32ClFN4O3S. The molecule has 7 nitrogen and oxygen atoms in total. The van der Waals surface area contributed by atoms with Gasteiger partial charge in [0.25, 0.3) is 5.91 Å². The summed E-state index contributed by atoms with van der Waals surface area (Å²) in [5, 5.41) is 1.45. The highest BCUT2D eigenvalue weighted by Gasteiger charge is 2.32. The molecule has 1 fully saturated rings. The molecule has 202 valence electrons. The van der Waals surface area contributed by atoms with Crippen LogP contribution >= 0.6 is 25.1 Å². The van der Waals surface area contributed by atoms with Crippen molar-refractivity contribution in [2.45, 2.75) is 51.5 Å².